The summed E-state index contributed by atoms with van der Waals surface area (Å²) in [6.45, 7) is 1.87. The number of carbonyl (C=O) groups excluding carboxylic acids is 1. The number of anilines is 3. The van der Waals surface area contributed by atoms with E-state index in [4.69, 9.17) is 17.3 Å². The molecule has 0 aromatic heterocycles. The second-order valence-electron chi connectivity index (χ2n) is 5.28. The molecule has 4 N–H and O–H groups in total. The second-order valence-corrected chi connectivity index (χ2v) is 5.69. The molecule has 0 bridgehead atoms. The Labute approximate surface area is 154 Å². The van der Waals surface area contributed by atoms with Crippen molar-refractivity contribution in [3.8, 4) is 6.07 Å². The molecule has 2 aromatic carbocycles. The van der Waals surface area contributed by atoms with E-state index < -0.39 is 10.8 Å². The molecule has 1 amide bonds. The molecule has 8 nitrogen and oxygen atoms in total. The minimum atomic E-state index is -0.733. The Morgan fingerprint density at radius 2 is 2.08 bits per heavy atom. The van der Waals surface area contributed by atoms with Crippen LogP contribution in [0.2, 0.25) is 5.02 Å². The van der Waals surface area contributed by atoms with E-state index in [2.05, 4.69) is 10.6 Å². The lowest BCUT2D eigenvalue weighted by Gasteiger charge is -2.08. The summed E-state index contributed by atoms with van der Waals surface area (Å²) in [6.07, 6.45) is 1.21. The lowest BCUT2D eigenvalue weighted by Crippen LogP contribution is -2.14. The molecule has 0 atom stereocenters. The van der Waals surface area contributed by atoms with Crippen molar-refractivity contribution in [1.29, 1.82) is 5.26 Å². The first-order chi connectivity index (χ1) is 12.3. The van der Waals surface area contributed by atoms with E-state index in [9.17, 15) is 20.2 Å². The standard InChI is InChI=1S/C17H14ClN5O3/c1-10-2-5-14(20)15(6-10)21-9-11(8-19)17(24)22-12-3-4-13(18)16(7-12)23(25)26/h2-7,9,21H,20H2,1H3,(H,22,24)/b11-9-. The highest BCUT2D eigenvalue weighted by atomic mass is 35.5. The SMILES string of the molecule is Cc1ccc(N)c(N/C=C(/C#N)C(=O)Nc2ccc(Cl)c([N+](=O)[O-])c2)c1. The van der Waals surface area contributed by atoms with Gasteiger partial charge in [-0.3, -0.25) is 14.9 Å². The van der Waals surface area contributed by atoms with Crippen LogP contribution in [0, 0.1) is 28.4 Å². The molecule has 0 saturated heterocycles. The number of nitrogens with zero attached hydrogens (tertiary/aromatic N) is 2. The van der Waals surface area contributed by atoms with E-state index in [-0.39, 0.29) is 22.0 Å². The maximum absolute atomic E-state index is 12.2. The Morgan fingerprint density at radius 3 is 2.73 bits per heavy atom. The molecule has 0 fully saturated rings. The number of amides is 1. The number of carbonyl (C=O) groups is 1. The Balaban J connectivity index is 2.19. The number of hydrogen-bond donors (Lipinski definition) is 3. The van der Waals surface area contributed by atoms with Crippen molar-refractivity contribution in [3.63, 3.8) is 0 Å². The highest BCUT2D eigenvalue weighted by molar-refractivity contribution is 6.32. The third kappa shape index (κ3) is 4.49. The number of rotatable bonds is 5. The van der Waals surface area contributed by atoms with Crippen LogP contribution in [0.3, 0.4) is 0 Å². The van der Waals surface area contributed by atoms with Gasteiger partial charge in [-0.1, -0.05) is 17.7 Å². The number of benzene rings is 2. The quantitative estimate of drug-likeness (QED) is 0.241. The van der Waals surface area contributed by atoms with Gasteiger partial charge in [0.2, 0.25) is 0 Å². The zero-order valence-electron chi connectivity index (χ0n) is 13.6. The van der Waals surface area contributed by atoms with E-state index in [1.54, 1.807) is 18.2 Å². The van der Waals surface area contributed by atoms with Gasteiger partial charge >= 0.3 is 0 Å². The molecule has 0 unspecified atom stereocenters. The Kier molecular flexibility index (Phi) is 5.78. The van der Waals surface area contributed by atoms with Crippen LogP contribution in [0.25, 0.3) is 0 Å². The van der Waals surface area contributed by atoms with E-state index in [1.807, 2.05) is 13.0 Å². The summed E-state index contributed by atoms with van der Waals surface area (Å²) in [5.41, 5.74) is 7.34. The van der Waals surface area contributed by atoms with E-state index in [0.29, 0.717) is 11.4 Å². The van der Waals surface area contributed by atoms with Crippen molar-refractivity contribution in [2.24, 2.45) is 0 Å². The Hall–Kier alpha value is -3.57. The molecule has 0 aliphatic carbocycles. The maximum Gasteiger partial charge on any atom is 0.289 e. The Morgan fingerprint density at radius 1 is 1.35 bits per heavy atom. The molecule has 0 radical (unpaired) electrons. The third-order valence-corrected chi connectivity index (χ3v) is 3.67. The van der Waals surface area contributed by atoms with Gasteiger partial charge in [0.15, 0.2) is 0 Å². The van der Waals surface area contributed by atoms with Gasteiger partial charge < -0.3 is 16.4 Å². The van der Waals surface area contributed by atoms with Crippen LogP contribution in [-0.2, 0) is 4.79 Å². The first-order valence-corrected chi connectivity index (χ1v) is 7.68. The lowest BCUT2D eigenvalue weighted by molar-refractivity contribution is -0.384. The molecule has 0 aliphatic rings. The second kappa shape index (κ2) is 8.00. The monoisotopic (exact) mass is 371 g/mol. The summed E-state index contributed by atoms with van der Waals surface area (Å²) in [7, 11) is 0. The van der Waals surface area contributed by atoms with Crippen LogP contribution >= 0.6 is 11.6 Å². The van der Waals surface area contributed by atoms with E-state index >= 15 is 0 Å². The summed E-state index contributed by atoms with van der Waals surface area (Å²) in [5, 5.41) is 25.2. The summed E-state index contributed by atoms with van der Waals surface area (Å²) in [6, 6.07) is 10.9. The first-order valence-electron chi connectivity index (χ1n) is 7.30. The minimum absolute atomic E-state index is 0.0550. The van der Waals surface area contributed by atoms with Gasteiger partial charge in [0.25, 0.3) is 11.6 Å². The van der Waals surface area contributed by atoms with Crippen LogP contribution in [0.1, 0.15) is 5.56 Å². The van der Waals surface area contributed by atoms with Crippen LogP contribution in [0.4, 0.5) is 22.7 Å². The van der Waals surface area contributed by atoms with Gasteiger partial charge in [0.05, 0.1) is 16.3 Å². The van der Waals surface area contributed by atoms with Gasteiger partial charge in [-0.25, -0.2) is 0 Å². The number of nitro groups is 1. The fraction of sp³-hybridized carbons (Fsp3) is 0.0588. The maximum atomic E-state index is 12.2. The fourth-order valence-electron chi connectivity index (χ4n) is 2.02. The summed E-state index contributed by atoms with van der Waals surface area (Å²) < 4.78 is 0. The molecule has 26 heavy (non-hydrogen) atoms. The van der Waals surface area contributed by atoms with Gasteiger partial charge in [-0.2, -0.15) is 5.26 Å². The van der Waals surface area contributed by atoms with Crippen molar-refractivity contribution in [1.82, 2.24) is 0 Å². The van der Waals surface area contributed by atoms with Gasteiger partial charge in [-0.15, -0.1) is 0 Å². The van der Waals surface area contributed by atoms with Crippen molar-refractivity contribution in [3.05, 3.63) is 68.9 Å². The fourth-order valence-corrected chi connectivity index (χ4v) is 2.21. The van der Waals surface area contributed by atoms with Crippen molar-refractivity contribution in [2.75, 3.05) is 16.4 Å². The van der Waals surface area contributed by atoms with Crippen LogP contribution < -0.4 is 16.4 Å². The highest BCUT2D eigenvalue weighted by Gasteiger charge is 2.15. The normalized spacial score (nSPS) is 10.7. The average Bonchev–Trinajstić information content (AvgIpc) is 2.59. The molecule has 0 heterocycles. The summed E-state index contributed by atoms with van der Waals surface area (Å²) >= 11 is 5.72. The molecular weight excluding hydrogens is 358 g/mol. The molecule has 2 aromatic rings. The Bertz CT molecular complexity index is 950. The van der Waals surface area contributed by atoms with E-state index in [0.717, 1.165) is 11.6 Å². The third-order valence-electron chi connectivity index (χ3n) is 3.35. The number of nitrogens with two attached hydrogens (primary N) is 1. The number of aryl methyl sites for hydroxylation is 1. The van der Waals surface area contributed by atoms with Crippen LogP contribution in [0.15, 0.2) is 48.2 Å². The minimum Gasteiger partial charge on any atom is -0.397 e. The molecular formula is C17H14ClN5O3. The molecule has 0 spiro atoms. The van der Waals surface area contributed by atoms with E-state index in [1.165, 1.54) is 18.3 Å². The molecule has 9 heteroatoms. The molecule has 132 valence electrons. The largest absolute Gasteiger partial charge is 0.397 e. The number of nitrogen functional groups attached to an aromatic ring is 1. The number of hydrogen-bond acceptors (Lipinski definition) is 6. The van der Waals surface area contributed by atoms with Gasteiger partial charge in [0.1, 0.15) is 16.7 Å². The number of halogens is 1. The smallest absolute Gasteiger partial charge is 0.289 e. The highest BCUT2D eigenvalue weighted by Crippen LogP contribution is 2.27. The topological polar surface area (TPSA) is 134 Å². The predicted molar refractivity (Wildman–Crippen MR) is 99.6 cm³/mol. The predicted octanol–water partition coefficient (Wildman–Crippen LogP) is 3.60. The summed E-state index contributed by atoms with van der Waals surface area (Å²) in [5.74, 6) is -0.733. The van der Waals surface area contributed by atoms with Crippen LogP contribution in [-0.4, -0.2) is 10.8 Å². The number of nitro benzene ring substituents is 1. The van der Waals surface area contributed by atoms with Crippen LogP contribution in [0.5, 0.6) is 0 Å². The van der Waals surface area contributed by atoms with Crippen molar-refractivity contribution in [2.45, 2.75) is 6.92 Å². The zero-order valence-corrected chi connectivity index (χ0v) is 14.4. The molecule has 0 aliphatic heterocycles. The molecule has 0 saturated carbocycles. The zero-order chi connectivity index (χ0) is 19.3. The van der Waals surface area contributed by atoms with Gasteiger partial charge in [0, 0.05) is 18.0 Å². The lowest BCUT2D eigenvalue weighted by atomic mass is 10.2. The first kappa shape index (κ1) is 18.8. The van der Waals surface area contributed by atoms with Crippen molar-refractivity contribution < 1.29 is 9.72 Å². The van der Waals surface area contributed by atoms with Crippen molar-refractivity contribution >= 4 is 40.3 Å². The number of nitrogens with one attached hydrogen (secondary N) is 2. The van der Waals surface area contributed by atoms with Gasteiger partial charge in [-0.05, 0) is 36.8 Å². The summed E-state index contributed by atoms with van der Waals surface area (Å²) in [4.78, 5) is 22.4. The number of nitriles is 1. The molecule has 2 rings (SSSR count). The average molecular weight is 372 g/mol.